The largest absolute Gasteiger partial charge is 0.504 e. The molecule has 6 nitrogen and oxygen atoms in total. The Balaban J connectivity index is 2.10. The average molecular weight is 287 g/mol. The number of ether oxygens (including phenoxy) is 1. The molecule has 0 radical (unpaired) electrons. The van der Waals surface area contributed by atoms with Gasteiger partial charge in [-0.3, -0.25) is 9.89 Å². The number of phenolic OH excluding ortho intramolecular Hbond substituents is 1. The SMILES string of the molecule is CCOc1cc([C@H]2c3c(n[nH]c3C)C(=O)N2C)ccc1O. The van der Waals surface area contributed by atoms with Crippen LogP contribution < -0.4 is 4.74 Å². The maximum absolute atomic E-state index is 12.2. The van der Waals surface area contributed by atoms with Crippen LogP contribution in [0.25, 0.3) is 0 Å². The second kappa shape index (κ2) is 4.80. The molecule has 6 heteroatoms. The van der Waals surface area contributed by atoms with E-state index >= 15 is 0 Å². The van der Waals surface area contributed by atoms with Gasteiger partial charge < -0.3 is 14.7 Å². The second-order valence-corrected chi connectivity index (χ2v) is 5.09. The van der Waals surface area contributed by atoms with Crippen molar-refractivity contribution in [3.05, 3.63) is 40.7 Å². The predicted molar refractivity (Wildman–Crippen MR) is 76.5 cm³/mol. The number of amides is 1. The highest BCUT2D eigenvalue weighted by Crippen LogP contribution is 2.40. The zero-order valence-corrected chi connectivity index (χ0v) is 12.2. The summed E-state index contributed by atoms with van der Waals surface area (Å²) < 4.78 is 5.42. The van der Waals surface area contributed by atoms with Crippen LogP contribution in [-0.2, 0) is 0 Å². The number of nitrogens with one attached hydrogen (secondary N) is 1. The minimum Gasteiger partial charge on any atom is -0.504 e. The van der Waals surface area contributed by atoms with Gasteiger partial charge in [0, 0.05) is 18.3 Å². The number of fused-ring (bicyclic) bond motifs is 1. The Morgan fingerprint density at radius 2 is 2.24 bits per heavy atom. The molecule has 2 heterocycles. The number of carbonyl (C=O) groups excluding carboxylic acids is 1. The Morgan fingerprint density at radius 1 is 1.48 bits per heavy atom. The molecule has 1 atom stereocenters. The molecular formula is C15H17N3O3. The molecule has 1 aliphatic heterocycles. The van der Waals surface area contributed by atoms with Crippen molar-refractivity contribution < 1.29 is 14.6 Å². The molecule has 2 N–H and O–H groups in total. The normalized spacial score (nSPS) is 17.2. The Labute approximate surface area is 122 Å². The molecule has 0 saturated heterocycles. The molecule has 0 aliphatic carbocycles. The number of hydrogen-bond donors (Lipinski definition) is 2. The van der Waals surface area contributed by atoms with Gasteiger partial charge in [-0.05, 0) is 31.5 Å². The molecule has 2 aromatic rings. The van der Waals surface area contributed by atoms with Gasteiger partial charge in [-0.2, -0.15) is 5.10 Å². The second-order valence-electron chi connectivity index (χ2n) is 5.09. The fourth-order valence-electron chi connectivity index (χ4n) is 2.78. The standard InChI is InChI=1S/C15H17N3O3/c1-4-21-11-7-9(5-6-10(11)19)14-12-8(2)16-17-13(12)15(20)18(14)3/h5-7,14,19H,4H2,1-3H3,(H,16,17)/t14-/m0/s1. The third-order valence-corrected chi connectivity index (χ3v) is 3.78. The maximum atomic E-state index is 12.2. The number of rotatable bonds is 3. The number of aromatic hydroxyl groups is 1. The van der Waals surface area contributed by atoms with E-state index in [1.165, 1.54) is 0 Å². The summed E-state index contributed by atoms with van der Waals surface area (Å²) in [6, 6.07) is 4.94. The van der Waals surface area contributed by atoms with E-state index < -0.39 is 0 Å². The van der Waals surface area contributed by atoms with Crippen molar-refractivity contribution in [1.29, 1.82) is 0 Å². The number of phenols is 1. The molecular weight excluding hydrogens is 270 g/mol. The fourth-order valence-corrected chi connectivity index (χ4v) is 2.78. The summed E-state index contributed by atoms with van der Waals surface area (Å²) in [5, 5.41) is 16.8. The molecule has 1 aromatic heterocycles. The van der Waals surface area contributed by atoms with Crippen molar-refractivity contribution in [2.24, 2.45) is 0 Å². The van der Waals surface area contributed by atoms with Crippen LogP contribution >= 0.6 is 0 Å². The van der Waals surface area contributed by atoms with E-state index in [1.807, 2.05) is 13.8 Å². The van der Waals surface area contributed by atoms with Gasteiger partial charge in [0.25, 0.3) is 5.91 Å². The van der Waals surface area contributed by atoms with Gasteiger partial charge in [-0.25, -0.2) is 0 Å². The van der Waals surface area contributed by atoms with Gasteiger partial charge in [0.15, 0.2) is 17.2 Å². The first-order valence-corrected chi connectivity index (χ1v) is 6.82. The molecule has 0 bridgehead atoms. The van der Waals surface area contributed by atoms with Crippen LogP contribution in [0.4, 0.5) is 0 Å². The lowest BCUT2D eigenvalue weighted by molar-refractivity contribution is 0.0787. The first-order valence-electron chi connectivity index (χ1n) is 6.82. The molecule has 1 aromatic carbocycles. The third-order valence-electron chi connectivity index (χ3n) is 3.78. The van der Waals surface area contributed by atoms with E-state index in [9.17, 15) is 9.90 Å². The van der Waals surface area contributed by atoms with Gasteiger partial charge in [-0.15, -0.1) is 0 Å². The number of H-pyrrole nitrogens is 1. The lowest BCUT2D eigenvalue weighted by atomic mass is 9.99. The Kier molecular flexibility index (Phi) is 3.08. The summed E-state index contributed by atoms with van der Waals surface area (Å²) in [6.07, 6.45) is 0. The number of nitrogens with zero attached hydrogens (tertiary/aromatic N) is 2. The number of hydrogen-bond acceptors (Lipinski definition) is 4. The highest BCUT2D eigenvalue weighted by Gasteiger charge is 2.39. The topological polar surface area (TPSA) is 78.5 Å². The van der Waals surface area contributed by atoms with Crippen LogP contribution in [0.15, 0.2) is 18.2 Å². The number of aryl methyl sites for hydroxylation is 1. The Morgan fingerprint density at radius 3 is 2.95 bits per heavy atom. The lowest BCUT2D eigenvalue weighted by Gasteiger charge is -2.22. The van der Waals surface area contributed by atoms with Crippen LogP contribution in [0.2, 0.25) is 0 Å². The highest BCUT2D eigenvalue weighted by atomic mass is 16.5. The zero-order chi connectivity index (χ0) is 15.1. The van der Waals surface area contributed by atoms with Crippen LogP contribution in [0, 0.1) is 6.92 Å². The van der Waals surface area contributed by atoms with Crippen molar-refractivity contribution in [2.45, 2.75) is 19.9 Å². The van der Waals surface area contributed by atoms with E-state index in [0.717, 1.165) is 16.8 Å². The average Bonchev–Trinajstić information content (AvgIpc) is 2.94. The van der Waals surface area contributed by atoms with Crippen LogP contribution in [0.1, 0.15) is 40.3 Å². The van der Waals surface area contributed by atoms with E-state index in [-0.39, 0.29) is 17.7 Å². The van der Waals surface area contributed by atoms with Crippen molar-refractivity contribution in [2.75, 3.05) is 13.7 Å². The molecule has 0 fully saturated rings. The van der Waals surface area contributed by atoms with E-state index in [1.54, 1.807) is 30.1 Å². The number of aromatic nitrogens is 2. The minimum atomic E-state index is -0.217. The van der Waals surface area contributed by atoms with Crippen LogP contribution in [0.5, 0.6) is 11.5 Å². The van der Waals surface area contributed by atoms with Gasteiger partial charge in [-0.1, -0.05) is 6.07 Å². The van der Waals surface area contributed by atoms with Gasteiger partial charge in [0.2, 0.25) is 0 Å². The van der Waals surface area contributed by atoms with E-state index in [2.05, 4.69) is 10.2 Å². The van der Waals surface area contributed by atoms with Crippen molar-refractivity contribution in [1.82, 2.24) is 15.1 Å². The molecule has 1 amide bonds. The van der Waals surface area contributed by atoms with Crippen LogP contribution in [0.3, 0.4) is 0 Å². The number of carbonyl (C=O) groups is 1. The summed E-state index contributed by atoms with van der Waals surface area (Å²) in [6.45, 7) is 4.22. The first-order chi connectivity index (χ1) is 10.0. The molecule has 110 valence electrons. The summed E-state index contributed by atoms with van der Waals surface area (Å²) in [7, 11) is 1.75. The van der Waals surface area contributed by atoms with Crippen molar-refractivity contribution in [3.8, 4) is 11.5 Å². The molecule has 0 saturated carbocycles. The van der Waals surface area contributed by atoms with Gasteiger partial charge in [0.1, 0.15) is 0 Å². The molecule has 1 aliphatic rings. The quantitative estimate of drug-likeness (QED) is 0.905. The maximum Gasteiger partial charge on any atom is 0.275 e. The highest BCUT2D eigenvalue weighted by molar-refractivity contribution is 5.98. The summed E-state index contributed by atoms with van der Waals surface area (Å²) in [5.74, 6) is 0.410. The van der Waals surface area contributed by atoms with Gasteiger partial charge >= 0.3 is 0 Å². The molecule has 21 heavy (non-hydrogen) atoms. The molecule has 3 rings (SSSR count). The summed E-state index contributed by atoms with van der Waals surface area (Å²) in [4.78, 5) is 13.9. The van der Waals surface area contributed by atoms with Crippen molar-refractivity contribution in [3.63, 3.8) is 0 Å². The smallest absolute Gasteiger partial charge is 0.275 e. The third kappa shape index (κ3) is 1.94. The fraction of sp³-hybridized carbons (Fsp3) is 0.333. The minimum absolute atomic E-state index is 0.0942. The lowest BCUT2D eigenvalue weighted by Crippen LogP contribution is -2.24. The first kappa shape index (κ1) is 13.5. The zero-order valence-electron chi connectivity index (χ0n) is 12.2. The van der Waals surface area contributed by atoms with E-state index in [0.29, 0.717) is 18.1 Å². The van der Waals surface area contributed by atoms with Crippen LogP contribution in [-0.4, -0.2) is 39.8 Å². The summed E-state index contributed by atoms with van der Waals surface area (Å²) >= 11 is 0. The Hall–Kier alpha value is -2.50. The number of benzene rings is 1. The predicted octanol–water partition coefficient (Wildman–Crippen LogP) is 2.00. The summed E-state index contributed by atoms with van der Waals surface area (Å²) in [5.41, 5.74) is 3.11. The van der Waals surface area contributed by atoms with Crippen molar-refractivity contribution >= 4 is 5.91 Å². The van der Waals surface area contributed by atoms with Gasteiger partial charge in [0.05, 0.1) is 12.6 Å². The molecule has 0 unspecified atom stereocenters. The van der Waals surface area contributed by atoms with E-state index in [4.69, 9.17) is 4.74 Å². The Bertz CT molecular complexity index is 708. The monoisotopic (exact) mass is 287 g/mol. The number of aromatic amines is 1. The molecule has 0 spiro atoms.